The summed E-state index contributed by atoms with van der Waals surface area (Å²) in [4.78, 5) is 2.66. The largest absolute Gasteiger partial charge is 0.390 e. The van der Waals surface area contributed by atoms with Gasteiger partial charge in [-0.2, -0.15) is 0 Å². The van der Waals surface area contributed by atoms with Crippen LogP contribution in [-0.2, 0) is 4.74 Å². The second-order valence-corrected chi connectivity index (χ2v) is 8.26. The Hall–Kier alpha value is -0.120. The molecule has 116 valence electrons. The van der Waals surface area contributed by atoms with Gasteiger partial charge in [0.05, 0.1) is 17.3 Å². The molecule has 4 unspecified atom stereocenters. The normalized spacial score (nSPS) is 43.6. The van der Waals surface area contributed by atoms with E-state index in [2.05, 4.69) is 18.7 Å². The molecule has 2 heterocycles. The minimum atomic E-state index is -0.417. The van der Waals surface area contributed by atoms with Crippen LogP contribution in [0.3, 0.4) is 0 Å². The van der Waals surface area contributed by atoms with Gasteiger partial charge in [0, 0.05) is 18.5 Å². The van der Waals surface area contributed by atoms with Gasteiger partial charge in [-0.1, -0.05) is 12.8 Å². The maximum absolute atomic E-state index is 10.7. The summed E-state index contributed by atoms with van der Waals surface area (Å²) in [5, 5.41) is 10.7. The Morgan fingerprint density at radius 1 is 1.05 bits per heavy atom. The highest BCUT2D eigenvalue weighted by Crippen LogP contribution is 2.44. The summed E-state index contributed by atoms with van der Waals surface area (Å²) in [6, 6.07) is 0.774. The predicted octanol–water partition coefficient (Wildman–Crippen LogP) is 2.82. The molecule has 1 aliphatic carbocycles. The van der Waals surface area contributed by atoms with Crippen LogP contribution in [0.1, 0.15) is 59.8 Å². The van der Waals surface area contributed by atoms with Gasteiger partial charge in [0.1, 0.15) is 0 Å². The van der Waals surface area contributed by atoms with Crippen LogP contribution in [0.4, 0.5) is 0 Å². The van der Waals surface area contributed by atoms with Crippen LogP contribution in [0.25, 0.3) is 0 Å². The third-order valence-corrected chi connectivity index (χ3v) is 6.07. The van der Waals surface area contributed by atoms with Gasteiger partial charge in [-0.05, 0) is 59.4 Å². The zero-order chi connectivity index (χ0) is 14.5. The van der Waals surface area contributed by atoms with Gasteiger partial charge in [-0.3, -0.25) is 4.90 Å². The Morgan fingerprint density at radius 2 is 1.75 bits per heavy atom. The molecule has 3 fully saturated rings. The highest BCUT2D eigenvalue weighted by Gasteiger charge is 2.54. The first-order chi connectivity index (χ1) is 9.31. The molecule has 0 aromatic heterocycles. The molecule has 3 heteroatoms. The van der Waals surface area contributed by atoms with Gasteiger partial charge >= 0.3 is 0 Å². The second kappa shape index (κ2) is 4.96. The Balaban J connectivity index is 1.71. The van der Waals surface area contributed by atoms with Crippen molar-refractivity contribution in [2.75, 3.05) is 13.1 Å². The molecule has 0 aromatic rings. The van der Waals surface area contributed by atoms with Gasteiger partial charge in [0.15, 0.2) is 0 Å². The first-order valence-corrected chi connectivity index (χ1v) is 8.43. The number of likely N-dealkylation sites (tertiary alicyclic amines) is 1. The van der Waals surface area contributed by atoms with E-state index >= 15 is 0 Å². The lowest BCUT2D eigenvalue weighted by molar-refractivity contribution is -0.0915. The molecule has 3 nitrogen and oxygen atoms in total. The van der Waals surface area contributed by atoms with Gasteiger partial charge < -0.3 is 9.84 Å². The summed E-state index contributed by atoms with van der Waals surface area (Å²) in [7, 11) is 0. The molecule has 0 spiro atoms. The van der Waals surface area contributed by atoms with Crippen LogP contribution >= 0.6 is 0 Å². The van der Waals surface area contributed by atoms with Gasteiger partial charge in [-0.25, -0.2) is 0 Å². The van der Waals surface area contributed by atoms with Gasteiger partial charge in [0.25, 0.3) is 0 Å². The lowest BCUT2D eigenvalue weighted by atomic mass is 9.82. The third kappa shape index (κ3) is 2.42. The maximum atomic E-state index is 10.7. The van der Waals surface area contributed by atoms with Gasteiger partial charge in [0.2, 0.25) is 0 Å². The molecule has 1 N–H and O–H groups in total. The van der Waals surface area contributed by atoms with E-state index in [1.54, 1.807) is 0 Å². The van der Waals surface area contributed by atoms with E-state index in [0.29, 0.717) is 0 Å². The van der Waals surface area contributed by atoms with E-state index < -0.39 is 5.60 Å². The average Bonchev–Trinajstić information content (AvgIpc) is 2.82. The van der Waals surface area contributed by atoms with Crippen LogP contribution in [0.15, 0.2) is 0 Å². The van der Waals surface area contributed by atoms with E-state index in [4.69, 9.17) is 4.74 Å². The summed E-state index contributed by atoms with van der Waals surface area (Å²) in [6.45, 7) is 10.5. The number of nitrogens with zero attached hydrogens (tertiary/aromatic N) is 1. The lowest BCUT2D eigenvalue weighted by Gasteiger charge is -2.36. The minimum Gasteiger partial charge on any atom is -0.390 e. The van der Waals surface area contributed by atoms with Crippen molar-refractivity contribution in [2.45, 2.75) is 83.1 Å². The summed E-state index contributed by atoms with van der Waals surface area (Å²) >= 11 is 0. The number of rotatable bonds is 2. The van der Waals surface area contributed by atoms with Crippen LogP contribution in [-0.4, -0.2) is 46.4 Å². The predicted molar refractivity (Wildman–Crippen MR) is 80.7 cm³/mol. The quantitative estimate of drug-likeness (QED) is 0.845. The lowest BCUT2D eigenvalue weighted by Crippen LogP contribution is -2.46. The van der Waals surface area contributed by atoms with Crippen molar-refractivity contribution in [1.29, 1.82) is 0 Å². The maximum Gasteiger partial charge on any atom is 0.0896 e. The fraction of sp³-hybridized carbons (Fsp3) is 1.00. The Morgan fingerprint density at radius 3 is 2.40 bits per heavy atom. The first kappa shape index (κ1) is 14.8. The first-order valence-electron chi connectivity index (χ1n) is 8.43. The molecule has 1 saturated carbocycles. The molecule has 0 radical (unpaired) electrons. The average molecular weight is 281 g/mol. The van der Waals surface area contributed by atoms with Crippen LogP contribution in [0.2, 0.25) is 0 Å². The second-order valence-electron chi connectivity index (χ2n) is 8.26. The highest BCUT2D eigenvalue weighted by atomic mass is 16.5. The van der Waals surface area contributed by atoms with Crippen molar-refractivity contribution in [1.82, 2.24) is 4.90 Å². The third-order valence-electron chi connectivity index (χ3n) is 6.07. The number of aliphatic hydroxyl groups excluding tert-OH is 1. The van der Waals surface area contributed by atoms with Crippen molar-refractivity contribution < 1.29 is 9.84 Å². The highest BCUT2D eigenvalue weighted by molar-refractivity contribution is 5.04. The topological polar surface area (TPSA) is 32.7 Å². The molecule has 3 aliphatic rings. The van der Waals surface area contributed by atoms with Crippen molar-refractivity contribution in [3.63, 3.8) is 0 Å². The Labute approximate surface area is 123 Å². The fourth-order valence-corrected chi connectivity index (χ4v) is 4.98. The molecular formula is C17H31NO2. The van der Waals surface area contributed by atoms with Gasteiger partial charge in [-0.15, -0.1) is 0 Å². The Bertz CT molecular complexity index is 366. The molecular weight excluding hydrogens is 250 g/mol. The molecule has 0 amide bonds. The summed E-state index contributed by atoms with van der Waals surface area (Å²) in [5.41, 5.74) is -0.643. The number of hydrogen-bond acceptors (Lipinski definition) is 3. The van der Waals surface area contributed by atoms with E-state index in [1.165, 1.54) is 38.6 Å². The molecule has 0 aromatic carbocycles. The number of aliphatic hydroxyl groups is 1. The van der Waals surface area contributed by atoms with E-state index in [0.717, 1.165) is 18.5 Å². The van der Waals surface area contributed by atoms with Crippen LogP contribution in [0.5, 0.6) is 0 Å². The number of fused-ring (bicyclic) bond motifs is 1. The molecule has 4 atom stereocenters. The molecule has 2 saturated heterocycles. The zero-order valence-electron chi connectivity index (χ0n) is 13.6. The number of ether oxygens (including phenoxy) is 1. The fourth-order valence-electron chi connectivity index (χ4n) is 4.98. The SMILES string of the molecule is CC1(C)OC(C)(C)C(CN2CCC3CCCCC32)C1O. The zero-order valence-corrected chi connectivity index (χ0v) is 13.6. The molecule has 0 bridgehead atoms. The van der Waals surface area contributed by atoms with Crippen molar-refractivity contribution >= 4 is 0 Å². The Kier molecular flexibility index (Phi) is 3.67. The summed E-state index contributed by atoms with van der Waals surface area (Å²) < 4.78 is 6.13. The summed E-state index contributed by atoms with van der Waals surface area (Å²) in [6.07, 6.45) is 6.58. The van der Waals surface area contributed by atoms with Crippen LogP contribution in [0, 0.1) is 11.8 Å². The summed E-state index contributed by atoms with van der Waals surface area (Å²) in [5.74, 6) is 1.14. The van der Waals surface area contributed by atoms with Crippen molar-refractivity contribution in [3.8, 4) is 0 Å². The van der Waals surface area contributed by atoms with E-state index in [-0.39, 0.29) is 17.6 Å². The number of hydrogen-bond donors (Lipinski definition) is 1. The molecule has 20 heavy (non-hydrogen) atoms. The van der Waals surface area contributed by atoms with E-state index in [1.807, 2.05) is 13.8 Å². The van der Waals surface area contributed by atoms with Crippen molar-refractivity contribution in [2.24, 2.45) is 11.8 Å². The minimum absolute atomic E-state index is 0.221. The smallest absolute Gasteiger partial charge is 0.0896 e. The standard InChI is InChI=1S/C17H31NO2/c1-16(2)13(15(19)17(3,4)20-16)11-18-10-9-12-7-5-6-8-14(12)18/h12-15,19H,5-11H2,1-4H3. The molecule has 2 aliphatic heterocycles. The monoisotopic (exact) mass is 281 g/mol. The van der Waals surface area contributed by atoms with E-state index in [9.17, 15) is 5.11 Å². The van der Waals surface area contributed by atoms with Crippen LogP contribution < -0.4 is 0 Å². The van der Waals surface area contributed by atoms with Crippen molar-refractivity contribution in [3.05, 3.63) is 0 Å². The molecule has 3 rings (SSSR count).